The van der Waals surface area contributed by atoms with Crippen LogP contribution in [0.3, 0.4) is 0 Å². The number of aryl methyl sites for hydroxylation is 1. The third kappa shape index (κ3) is 2.82. The van der Waals surface area contributed by atoms with Gasteiger partial charge in [-0.25, -0.2) is 4.98 Å². The van der Waals surface area contributed by atoms with Crippen LogP contribution in [0.15, 0.2) is 17.6 Å². The maximum Gasteiger partial charge on any atom is 0.110 e. The molecule has 1 unspecified atom stereocenters. The summed E-state index contributed by atoms with van der Waals surface area (Å²) in [6, 6.07) is 2.13. The zero-order valence-corrected chi connectivity index (χ0v) is 12.1. The third-order valence-electron chi connectivity index (χ3n) is 3.13. The quantitative estimate of drug-likeness (QED) is 0.867. The van der Waals surface area contributed by atoms with E-state index < -0.39 is 0 Å². The van der Waals surface area contributed by atoms with E-state index in [1.165, 1.54) is 10.4 Å². The summed E-state index contributed by atoms with van der Waals surface area (Å²) in [5, 5.41) is 2.11. The van der Waals surface area contributed by atoms with Gasteiger partial charge in [-0.2, -0.15) is 0 Å². The van der Waals surface area contributed by atoms with Gasteiger partial charge in [-0.3, -0.25) is 0 Å². The van der Waals surface area contributed by atoms with Crippen molar-refractivity contribution in [1.29, 1.82) is 0 Å². The number of imidazole rings is 1. The first-order valence-electron chi connectivity index (χ1n) is 6.41. The third-order valence-corrected chi connectivity index (χ3v) is 4.18. The topological polar surface area (TPSA) is 54.7 Å². The SMILES string of the molecule is Cc1ccsc1-c1cnc(C(CN)CC(C)C)[nH]1. The molecule has 0 aliphatic rings. The minimum absolute atomic E-state index is 0.332. The summed E-state index contributed by atoms with van der Waals surface area (Å²) in [6.45, 7) is 7.21. The van der Waals surface area contributed by atoms with Crippen molar-refractivity contribution in [2.45, 2.75) is 33.1 Å². The molecular formula is C14H21N3S. The number of nitrogens with one attached hydrogen (secondary N) is 1. The van der Waals surface area contributed by atoms with Crippen molar-refractivity contribution in [3.8, 4) is 10.6 Å². The van der Waals surface area contributed by atoms with Crippen LogP contribution in [0.25, 0.3) is 10.6 Å². The van der Waals surface area contributed by atoms with Crippen LogP contribution in [0.1, 0.15) is 37.6 Å². The Kier molecular flexibility index (Phi) is 4.19. The maximum atomic E-state index is 5.85. The Hall–Kier alpha value is -1.13. The number of aromatic nitrogens is 2. The highest BCUT2D eigenvalue weighted by atomic mass is 32.1. The van der Waals surface area contributed by atoms with E-state index in [0.29, 0.717) is 18.4 Å². The largest absolute Gasteiger partial charge is 0.341 e. The number of thiophene rings is 1. The molecule has 0 saturated heterocycles. The molecule has 4 heteroatoms. The number of nitrogens with zero attached hydrogens (tertiary/aromatic N) is 1. The van der Waals surface area contributed by atoms with Crippen molar-refractivity contribution in [3.63, 3.8) is 0 Å². The van der Waals surface area contributed by atoms with Crippen LogP contribution in [-0.2, 0) is 0 Å². The van der Waals surface area contributed by atoms with E-state index in [0.717, 1.165) is 17.9 Å². The zero-order valence-electron chi connectivity index (χ0n) is 11.2. The summed E-state index contributed by atoms with van der Waals surface area (Å²) in [5.74, 6) is 1.99. The number of H-pyrrole nitrogens is 1. The normalized spacial score (nSPS) is 13.2. The molecule has 2 aromatic rings. The molecule has 3 nitrogen and oxygen atoms in total. The monoisotopic (exact) mass is 263 g/mol. The second-order valence-electron chi connectivity index (χ2n) is 5.18. The molecule has 0 bridgehead atoms. The molecule has 2 rings (SSSR count). The summed E-state index contributed by atoms with van der Waals surface area (Å²) in [6.07, 6.45) is 3.00. The van der Waals surface area contributed by atoms with Crippen LogP contribution in [-0.4, -0.2) is 16.5 Å². The van der Waals surface area contributed by atoms with Crippen molar-refractivity contribution in [2.75, 3.05) is 6.54 Å². The van der Waals surface area contributed by atoms with Gasteiger partial charge in [0, 0.05) is 12.5 Å². The Morgan fingerprint density at radius 1 is 1.44 bits per heavy atom. The number of aromatic amines is 1. The minimum Gasteiger partial charge on any atom is -0.341 e. The van der Waals surface area contributed by atoms with E-state index >= 15 is 0 Å². The van der Waals surface area contributed by atoms with Gasteiger partial charge in [-0.15, -0.1) is 11.3 Å². The molecule has 0 amide bonds. The smallest absolute Gasteiger partial charge is 0.110 e. The first-order valence-corrected chi connectivity index (χ1v) is 7.29. The molecule has 2 aromatic heterocycles. The number of hydrogen-bond donors (Lipinski definition) is 2. The molecule has 0 saturated carbocycles. The standard InChI is InChI=1S/C14H21N3S/c1-9(2)6-11(7-15)14-16-8-12(17-14)13-10(3)4-5-18-13/h4-5,8-9,11H,6-7,15H2,1-3H3,(H,16,17). The zero-order chi connectivity index (χ0) is 13.1. The summed E-state index contributed by atoms with van der Waals surface area (Å²) in [5.41, 5.74) is 8.26. The maximum absolute atomic E-state index is 5.85. The van der Waals surface area contributed by atoms with Crippen LogP contribution in [0.2, 0.25) is 0 Å². The lowest BCUT2D eigenvalue weighted by molar-refractivity contribution is 0.490. The fourth-order valence-electron chi connectivity index (χ4n) is 2.20. The van der Waals surface area contributed by atoms with E-state index in [1.807, 2.05) is 6.20 Å². The highest BCUT2D eigenvalue weighted by Gasteiger charge is 2.16. The Morgan fingerprint density at radius 2 is 2.22 bits per heavy atom. The average Bonchev–Trinajstić information content (AvgIpc) is 2.93. The summed E-state index contributed by atoms with van der Waals surface area (Å²) in [4.78, 5) is 9.21. The molecule has 0 spiro atoms. The molecule has 0 aliphatic heterocycles. The van der Waals surface area contributed by atoms with E-state index in [1.54, 1.807) is 11.3 Å². The van der Waals surface area contributed by atoms with Crippen LogP contribution in [0.4, 0.5) is 0 Å². The first-order chi connectivity index (χ1) is 8.61. The van der Waals surface area contributed by atoms with Gasteiger partial charge >= 0.3 is 0 Å². The molecule has 1 atom stereocenters. The molecule has 0 radical (unpaired) electrons. The molecule has 18 heavy (non-hydrogen) atoms. The van der Waals surface area contributed by atoms with Crippen molar-refractivity contribution >= 4 is 11.3 Å². The predicted octanol–water partition coefficient (Wildman–Crippen LogP) is 3.54. The van der Waals surface area contributed by atoms with E-state index in [-0.39, 0.29) is 0 Å². The highest BCUT2D eigenvalue weighted by Crippen LogP contribution is 2.29. The van der Waals surface area contributed by atoms with Crippen molar-refractivity contribution in [3.05, 3.63) is 29.0 Å². The van der Waals surface area contributed by atoms with Gasteiger partial charge in [0.15, 0.2) is 0 Å². The van der Waals surface area contributed by atoms with Gasteiger partial charge in [-0.05, 0) is 36.3 Å². The van der Waals surface area contributed by atoms with Gasteiger partial charge < -0.3 is 10.7 Å². The van der Waals surface area contributed by atoms with Crippen LogP contribution in [0, 0.1) is 12.8 Å². The van der Waals surface area contributed by atoms with Gasteiger partial charge in [0.2, 0.25) is 0 Å². The Balaban J connectivity index is 2.22. The van der Waals surface area contributed by atoms with Crippen molar-refractivity contribution < 1.29 is 0 Å². The summed E-state index contributed by atoms with van der Waals surface area (Å²) < 4.78 is 0. The lowest BCUT2D eigenvalue weighted by atomic mass is 9.97. The summed E-state index contributed by atoms with van der Waals surface area (Å²) >= 11 is 1.75. The van der Waals surface area contributed by atoms with E-state index in [9.17, 15) is 0 Å². The van der Waals surface area contributed by atoms with Crippen LogP contribution in [0.5, 0.6) is 0 Å². The van der Waals surface area contributed by atoms with Crippen LogP contribution >= 0.6 is 11.3 Å². The molecule has 2 heterocycles. The Labute approximate surface area is 112 Å². The molecule has 0 aliphatic carbocycles. The van der Waals surface area contributed by atoms with E-state index in [4.69, 9.17) is 5.73 Å². The predicted molar refractivity (Wildman–Crippen MR) is 77.9 cm³/mol. The number of hydrogen-bond acceptors (Lipinski definition) is 3. The second kappa shape index (κ2) is 5.67. The molecular weight excluding hydrogens is 242 g/mol. The van der Waals surface area contributed by atoms with Gasteiger partial charge in [0.25, 0.3) is 0 Å². The lowest BCUT2D eigenvalue weighted by Crippen LogP contribution is -2.15. The Morgan fingerprint density at radius 3 is 2.78 bits per heavy atom. The fraction of sp³-hybridized carbons (Fsp3) is 0.500. The van der Waals surface area contributed by atoms with Crippen molar-refractivity contribution in [1.82, 2.24) is 9.97 Å². The van der Waals surface area contributed by atoms with Gasteiger partial charge in [0.05, 0.1) is 16.8 Å². The van der Waals surface area contributed by atoms with Gasteiger partial charge in [0.1, 0.15) is 5.82 Å². The molecule has 0 fully saturated rings. The first kappa shape index (κ1) is 13.3. The number of rotatable bonds is 5. The van der Waals surface area contributed by atoms with E-state index in [2.05, 4.69) is 42.2 Å². The second-order valence-corrected chi connectivity index (χ2v) is 6.09. The minimum atomic E-state index is 0.332. The average molecular weight is 263 g/mol. The van der Waals surface area contributed by atoms with Crippen molar-refractivity contribution in [2.24, 2.45) is 11.7 Å². The highest BCUT2D eigenvalue weighted by molar-refractivity contribution is 7.13. The van der Waals surface area contributed by atoms with Gasteiger partial charge in [-0.1, -0.05) is 13.8 Å². The Bertz CT molecular complexity index is 499. The fourth-order valence-corrected chi connectivity index (χ4v) is 3.09. The molecule has 98 valence electrons. The summed E-state index contributed by atoms with van der Waals surface area (Å²) in [7, 11) is 0. The number of nitrogens with two attached hydrogens (primary N) is 1. The van der Waals surface area contributed by atoms with Crippen LogP contribution < -0.4 is 5.73 Å². The lowest BCUT2D eigenvalue weighted by Gasteiger charge is -2.14. The molecule has 3 N–H and O–H groups in total. The molecule has 0 aromatic carbocycles.